The van der Waals surface area contributed by atoms with E-state index in [0.29, 0.717) is 32.3 Å². The Morgan fingerprint density at radius 3 is 1.88 bits per heavy atom. The second kappa shape index (κ2) is 9.26. The Kier molecular flexibility index (Phi) is 9.38. The van der Waals surface area contributed by atoms with Gasteiger partial charge in [-0.15, -0.1) is 0 Å². The minimum Gasteiger partial charge on any atom is -0.328 e. The van der Waals surface area contributed by atoms with E-state index in [9.17, 15) is 4.21 Å². The van der Waals surface area contributed by atoms with Crippen LogP contribution in [0.1, 0.15) is 27.2 Å². The van der Waals surface area contributed by atoms with E-state index in [0.717, 1.165) is 0 Å². The fourth-order valence-electron chi connectivity index (χ4n) is 1.41. The van der Waals surface area contributed by atoms with Gasteiger partial charge >= 0.3 is 0 Å². The fourth-order valence-corrected chi connectivity index (χ4v) is 3.41. The molecule has 0 saturated heterocycles. The SMILES string of the molecule is CCOC(CC[SiH2]S(=O)O)(OCC)OCC. The van der Waals surface area contributed by atoms with Crippen LogP contribution >= 0.6 is 0 Å². The predicted octanol–water partition coefficient (Wildman–Crippen LogP) is 0.864. The van der Waals surface area contributed by atoms with Gasteiger partial charge in [-0.1, -0.05) is 0 Å². The molecular formula is C9H22O5SSi. The summed E-state index contributed by atoms with van der Waals surface area (Å²) in [6.45, 7) is 7.08. The summed E-state index contributed by atoms with van der Waals surface area (Å²) in [5.41, 5.74) is 0. The Bertz CT molecular complexity index is 185. The molecule has 0 spiro atoms. The molecule has 5 nitrogen and oxygen atoms in total. The maximum absolute atomic E-state index is 10.6. The molecule has 0 aliphatic heterocycles. The molecule has 0 bridgehead atoms. The van der Waals surface area contributed by atoms with Crippen molar-refractivity contribution in [2.45, 2.75) is 39.2 Å². The van der Waals surface area contributed by atoms with Gasteiger partial charge < -0.3 is 18.8 Å². The van der Waals surface area contributed by atoms with Crippen LogP contribution in [0.4, 0.5) is 0 Å². The van der Waals surface area contributed by atoms with Crippen LogP contribution in [0.3, 0.4) is 0 Å². The molecule has 0 rings (SSSR count). The number of ether oxygens (including phenoxy) is 3. The van der Waals surface area contributed by atoms with E-state index in [2.05, 4.69) is 0 Å². The molecule has 7 heteroatoms. The predicted molar refractivity (Wildman–Crippen MR) is 66.3 cm³/mol. The van der Waals surface area contributed by atoms with Gasteiger partial charge in [0.05, 0.1) is 0 Å². The van der Waals surface area contributed by atoms with Crippen LogP contribution in [-0.4, -0.2) is 43.2 Å². The normalized spacial score (nSPS) is 14.8. The minimum atomic E-state index is -1.64. The lowest BCUT2D eigenvalue weighted by atomic mass is 10.4. The topological polar surface area (TPSA) is 65.0 Å². The minimum absolute atomic E-state index is 0.490. The smallest absolute Gasteiger partial charge is 0.282 e. The zero-order valence-electron chi connectivity index (χ0n) is 10.2. The summed E-state index contributed by atoms with van der Waals surface area (Å²) < 4.78 is 35.8. The first-order chi connectivity index (χ1) is 7.60. The molecule has 0 heterocycles. The maximum atomic E-state index is 10.6. The molecule has 0 aromatic heterocycles. The summed E-state index contributed by atoms with van der Waals surface area (Å²) in [4.78, 5) is 0. The van der Waals surface area contributed by atoms with Crippen molar-refractivity contribution in [2.75, 3.05) is 19.8 Å². The van der Waals surface area contributed by atoms with Crippen LogP contribution < -0.4 is 0 Å². The van der Waals surface area contributed by atoms with Crippen molar-refractivity contribution in [3.63, 3.8) is 0 Å². The van der Waals surface area contributed by atoms with Crippen molar-refractivity contribution in [3.05, 3.63) is 0 Å². The average Bonchev–Trinajstić information content (AvgIpc) is 2.18. The van der Waals surface area contributed by atoms with Gasteiger partial charge in [0.25, 0.3) is 5.97 Å². The molecular weight excluding hydrogens is 248 g/mol. The standard InChI is InChI=1S/C9H22O5SSi/c1-4-12-9(13-5-2,14-6-3)7-8-16-15(10)11/h4-8,16H2,1-3H3,(H,10,11). The highest BCUT2D eigenvalue weighted by Crippen LogP contribution is 2.22. The van der Waals surface area contributed by atoms with Gasteiger partial charge in [-0.25, -0.2) is 4.21 Å². The van der Waals surface area contributed by atoms with Crippen LogP contribution in [0.2, 0.25) is 6.04 Å². The zero-order valence-corrected chi connectivity index (χ0v) is 12.5. The van der Waals surface area contributed by atoms with E-state index in [1.54, 1.807) is 0 Å². The van der Waals surface area contributed by atoms with Crippen molar-refractivity contribution < 1.29 is 23.0 Å². The second-order valence-electron chi connectivity index (χ2n) is 3.11. The Balaban J connectivity index is 4.28. The lowest BCUT2D eigenvalue weighted by Gasteiger charge is -2.32. The Morgan fingerprint density at radius 1 is 1.12 bits per heavy atom. The molecule has 1 unspecified atom stereocenters. The van der Waals surface area contributed by atoms with Gasteiger partial charge in [-0.3, -0.25) is 0 Å². The first-order valence-electron chi connectivity index (χ1n) is 5.59. The van der Waals surface area contributed by atoms with Crippen LogP contribution in [0.15, 0.2) is 0 Å². The van der Waals surface area contributed by atoms with E-state index in [4.69, 9.17) is 18.8 Å². The van der Waals surface area contributed by atoms with Gasteiger partial charge in [-0.2, -0.15) is 0 Å². The summed E-state index contributed by atoms with van der Waals surface area (Å²) >= 11 is 0. The highest BCUT2D eigenvalue weighted by Gasteiger charge is 2.32. The van der Waals surface area contributed by atoms with Crippen LogP contribution in [0.5, 0.6) is 0 Å². The van der Waals surface area contributed by atoms with E-state index < -0.39 is 25.2 Å². The molecule has 16 heavy (non-hydrogen) atoms. The van der Waals surface area contributed by atoms with Crippen LogP contribution in [0, 0.1) is 0 Å². The van der Waals surface area contributed by atoms with Crippen molar-refractivity contribution in [2.24, 2.45) is 0 Å². The van der Waals surface area contributed by atoms with Crippen molar-refractivity contribution in [3.8, 4) is 0 Å². The lowest BCUT2D eigenvalue weighted by Crippen LogP contribution is -2.39. The summed E-state index contributed by atoms with van der Waals surface area (Å²) in [6.07, 6.45) is 0.515. The molecule has 0 aromatic rings. The fraction of sp³-hybridized carbons (Fsp3) is 1.00. The van der Waals surface area contributed by atoms with Gasteiger partial charge in [0.1, 0.15) is 10.5 Å². The Labute approximate surface area is 102 Å². The van der Waals surface area contributed by atoms with Gasteiger partial charge in [0.2, 0.25) is 0 Å². The summed E-state index contributed by atoms with van der Waals surface area (Å²) in [6, 6.07) is 0.656. The highest BCUT2D eigenvalue weighted by molar-refractivity contribution is 8.05. The summed E-state index contributed by atoms with van der Waals surface area (Å²) in [5, 5.41) is 0. The van der Waals surface area contributed by atoms with Crippen LogP contribution in [0.25, 0.3) is 0 Å². The molecule has 0 saturated carbocycles. The summed E-state index contributed by atoms with van der Waals surface area (Å²) in [7, 11) is -2.64. The van der Waals surface area contributed by atoms with Crippen molar-refractivity contribution in [1.82, 2.24) is 0 Å². The van der Waals surface area contributed by atoms with Gasteiger partial charge in [-0.05, 0) is 26.8 Å². The lowest BCUT2D eigenvalue weighted by molar-refractivity contribution is -0.377. The number of hydrogen-bond donors (Lipinski definition) is 1. The molecule has 0 aliphatic rings. The monoisotopic (exact) mass is 270 g/mol. The third-order valence-corrected chi connectivity index (χ3v) is 4.80. The number of hydrogen-bond acceptors (Lipinski definition) is 4. The summed E-state index contributed by atoms with van der Waals surface area (Å²) in [5.74, 6) is -1.02. The van der Waals surface area contributed by atoms with Gasteiger partial charge in [0.15, 0.2) is 8.67 Å². The first kappa shape index (κ1) is 16.2. The molecule has 0 fully saturated rings. The number of rotatable bonds is 10. The Morgan fingerprint density at radius 2 is 1.56 bits per heavy atom. The Hall–Kier alpha value is 0.207. The molecule has 0 aromatic carbocycles. The van der Waals surface area contributed by atoms with E-state index in [1.807, 2.05) is 20.8 Å². The maximum Gasteiger partial charge on any atom is 0.282 e. The average molecular weight is 270 g/mol. The molecule has 0 aliphatic carbocycles. The third-order valence-electron chi connectivity index (χ3n) is 1.89. The van der Waals surface area contributed by atoms with Crippen LogP contribution in [-0.2, 0) is 24.7 Å². The zero-order chi connectivity index (χ0) is 12.4. The molecule has 1 atom stereocenters. The largest absolute Gasteiger partial charge is 0.328 e. The highest BCUT2D eigenvalue weighted by atomic mass is 32.4. The molecule has 1 N–H and O–H groups in total. The van der Waals surface area contributed by atoms with E-state index in [-0.39, 0.29) is 0 Å². The van der Waals surface area contributed by atoms with E-state index in [1.165, 1.54) is 0 Å². The first-order valence-corrected chi connectivity index (χ1v) is 9.60. The van der Waals surface area contributed by atoms with Crippen molar-refractivity contribution >= 4 is 19.2 Å². The second-order valence-corrected chi connectivity index (χ2v) is 7.58. The van der Waals surface area contributed by atoms with E-state index >= 15 is 0 Å². The molecule has 0 amide bonds. The van der Waals surface area contributed by atoms with Crippen molar-refractivity contribution in [1.29, 1.82) is 0 Å². The molecule has 98 valence electrons. The quantitative estimate of drug-likeness (QED) is 0.362. The molecule has 0 radical (unpaired) electrons. The third kappa shape index (κ3) is 6.72. The van der Waals surface area contributed by atoms with Gasteiger partial charge in [0, 0.05) is 26.2 Å².